The number of nitrogens with one attached hydrogen (secondary N) is 2. The van der Waals surface area contributed by atoms with Gasteiger partial charge >= 0.3 is 0 Å². The van der Waals surface area contributed by atoms with Crippen LogP contribution in [0.15, 0.2) is 72.9 Å². The van der Waals surface area contributed by atoms with Gasteiger partial charge in [0.05, 0.1) is 32.2 Å². The van der Waals surface area contributed by atoms with Crippen LogP contribution in [-0.2, 0) is 0 Å². The van der Waals surface area contributed by atoms with E-state index in [-0.39, 0.29) is 5.91 Å². The van der Waals surface area contributed by atoms with Crippen LogP contribution in [0, 0.1) is 0 Å². The third-order valence-electron chi connectivity index (χ3n) is 4.80. The molecule has 5 rings (SSSR count). The summed E-state index contributed by atoms with van der Waals surface area (Å²) in [5.74, 6) is 0.340. The van der Waals surface area contributed by atoms with E-state index in [1.807, 2.05) is 30.3 Å². The molecule has 0 aliphatic rings. The summed E-state index contributed by atoms with van der Waals surface area (Å²) in [5.41, 5.74) is 4.15. The Balaban J connectivity index is 1.46. The molecule has 2 heterocycles. The summed E-state index contributed by atoms with van der Waals surface area (Å²) in [4.78, 5) is 24.8. The van der Waals surface area contributed by atoms with Crippen LogP contribution in [0.1, 0.15) is 10.4 Å². The molecule has 0 radical (unpaired) electrons. The second kappa shape index (κ2) is 7.44. The van der Waals surface area contributed by atoms with E-state index in [9.17, 15) is 4.79 Å². The highest BCUT2D eigenvalue weighted by atomic mass is 35.5. The van der Waals surface area contributed by atoms with E-state index in [4.69, 9.17) is 23.2 Å². The molecular weight excluding hydrogens is 419 g/mol. The smallest absolute Gasteiger partial charge is 0.255 e. The molecule has 0 bridgehead atoms. The highest BCUT2D eigenvalue weighted by Crippen LogP contribution is 2.34. The van der Waals surface area contributed by atoms with Gasteiger partial charge in [-0.1, -0.05) is 35.3 Å². The quantitative estimate of drug-likeness (QED) is 0.349. The van der Waals surface area contributed by atoms with Gasteiger partial charge in [-0.2, -0.15) is 0 Å². The summed E-state index contributed by atoms with van der Waals surface area (Å²) in [6.45, 7) is 0. The minimum Gasteiger partial charge on any atom is -0.338 e. The number of amides is 1. The van der Waals surface area contributed by atoms with Crippen molar-refractivity contribution < 1.29 is 4.79 Å². The molecule has 0 fully saturated rings. The number of hydrogen-bond acceptors (Lipinski definition) is 3. The van der Waals surface area contributed by atoms with E-state index in [1.165, 1.54) is 0 Å². The lowest BCUT2D eigenvalue weighted by molar-refractivity contribution is 0.102. The van der Waals surface area contributed by atoms with Crippen LogP contribution in [0.4, 0.5) is 5.69 Å². The molecule has 0 spiro atoms. The van der Waals surface area contributed by atoms with E-state index in [1.54, 1.807) is 42.6 Å². The highest BCUT2D eigenvalue weighted by molar-refractivity contribution is 6.39. The van der Waals surface area contributed by atoms with Crippen LogP contribution in [0.5, 0.6) is 0 Å². The van der Waals surface area contributed by atoms with Crippen molar-refractivity contribution in [2.24, 2.45) is 0 Å². The number of aromatic nitrogens is 3. The molecule has 1 amide bonds. The summed E-state index contributed by atoms with van der Waals surface area (Å²) >= 11 is 12.6. The SMILES string of the molecule is O=C(Nc1ccc2ncccc2c1)c1ccc2nc(-c3c(Cl)cccc3Cl)[nH]c2c1. The minimum absolute atomic E-state index is 0.216. The third kappa shape index (κ3) is 3.38. The zero-order valence-corrected chi connectivity index (χ0v) is 17.0. The van der Waals surface area contributed by atoms with E-state index in [0.717, 1.165) is 16.4 Å². The Morgan fingerprint density at radius 2 is 1.70 bits per heavy atom. The van der Waals surface area contributed by atoms with Gasteiger partial charge in [-0.15, -0.1) is 0 Å². The van der Waals surface area contributed by atoms with Crippen LogP contribution in [0.25, 0.3) is 33.3 Å². The number of imidazole rings is 1. The Hall–Kier alpha value is -3.41. The molecule has 5 aromatic rings. The Morgan fingerprint density at radius 1 is 0.900 bits per heavy atom. The number of benzene rings is 3. The first-order valence-electron chi connectivity index (χ1n) is 9.19. The number of H-pyrrole nitrogens is 1. The molecule has 30 heavy (non-hydrogen) atoms. The third-order valence-corrected chi connectivity index (χ3v) is 5.43. The van der Waals surface area contributed by atoms with Crippen molar-refractivity contribution in [2.45, 2.75) is 0 Å². The number of halogens is 2. The number of carbonyl (C=O) groups excluding carboxylic acids is 1. The number of aromatic amines is 1. The van der Waals surface area contributed by atoms with Crippen molar-refractivity contribution in [3.05, 3.63) is 88.5 Å². The summed E-state index contributed by atoms with van der Waals surface area (Å²) in [6, 6.07) is 20.0. The van der Waals surface area contributed by atoms with Gasteiger partial charge < -0.3 is 10.3 Å². The fraction of sp³-hybridized carbons (Fsp3) is 0. The first-order chi connectivity index (χ1) is 14.6. The Kier molecular flexibility index (Phi) is 4.62. The number of hydrogen-bond donors (Lipinski definition) is 2. The fourth-order valence-electron chi connectivity index (χ4n) is 3.35. The van der Waals surface area contributed by atoms with Gasteiger partial charge in [-0.25, -0.2) is 4.98 Å². The molecule has 0 saturated heterocycles. The predicted molar refractivity (Wildman–Crippen MR) is 121 cm³/mol. The number of rotatable bonds is 3. The normalized spacial score (nSPS) is 11.1. The predicted octanol–water partition coefficient (Wildman–Crippen LogP) is 6.34. The number of carbonyl (C=O) groups is 1. The van der Waals surface area contributed by atoms with Gasteiger partial charge in [0, 0.05) is 22.8 Å². The summed E-state index contributed by atoms with van der Waals surface area (Å²) in [6.07, 6.45) is 1.74. The van der Waals surface area contributed by atoms with Gasteiger partial charge in [-0.05, 0) is 54.6 Å². The van der Waals surface area contributed by atoms with E-state index in [0.29, 0.717) is 38.2 Å². The molecule has 2 aromatic heterocycles. The monoisotopic (exact) mass is 432 g/mol. The van der Waals surface area contributed by atoms with Crippen molar-refractivity contribution in [1.29, 1.82) is 0 Å². The molecule has 3 aromatic carbocycles. The van der Waals surface area contributed by atoms with Crippen LogP contribution < -0.4 is 5.32 Å². The second-order valence-electron chi connectivity index (χ2n) is 6.78. The molecule has 7 heteroatoms. The topological polar surface area (TPSA) is 70.7 Å². The molecule has 0 atom stereocenters. The average Bonchev–Trinajstić information content (AvgIpc) is 3.16. The van der Waals surface area contributed by atoms with Crippen LogP contribution >= 0.6 is 23.2 Å². The van der Waals surface area contributed by atoms with Crippen LogP contribution in [-0.4, -0.2) is 20.9 Å². The lowest BCUT2D eigenvalue weighted by Crippen LogP contribution is -2.11. The zero-order valence-electron chi connectivity index (χ0n) is 15.5. The number of pyridine rings is 1. The summed E-state index contributed by atoms with van der Waals surface area (Å²) in [7, 11) is 0. The fourth-order valence-corrected chi connectivity index (χ4v) is 3.93. The molecule has 0 aliphatic heterocycles. The van der Waals surface area contributed by atoms with Gasteiger partial charge in [0.25, 0.3) is 5.91 Å². The molecule has 0 unspecified atom stereocenters. The molecular formula is C23H14Cl2N4O. The molecule has 146 valence electrons. The van der Waals surface area contributed by atoms with Gasteiger partial charge in [0.1, 0.15) is 5.82 Å². The van der Waals surface area contributed by atoms with Crippen LogP contribution in [0.3, 0.4) is 0 Å². The van der Waals surface area contributed by atoms with Gasteiger partial charge in [0.2, 0.25) is 0 Å². The lowest BCUT2D eigenvalue weighted by atomic mass is 10.1. The Labute approximate surface area is 181 Å². The van der Waals surface area contributed by atoms with E-state index >= 15 is 0 Å². The molecule has 2 N–H and O–H groups in total. The largest absolute Gasteiger partial charge is 0.338 e. The minimum atomic E-state index is -0.216. The van der Waals surface area contributed by atoms with Gasteiger partial charge in [0.15, 0.2) is 0 Å². The maximum atomic E-state index is 12.8. The lowest BCUT2D eigenvalue weighted by Gasteiger charge is -2.06. The Morgan fingerprint density at radius 3 is 2.53 bits per heavy atom. The van der Waals surface area contributed by atoms with Crippen molar-refractivity contribution in [2.75, 3.05) is 5.32 Å². The highest BCUT2D eigenvalue weighted by Gasteiger charge is 2.14. The zero-order chi connectivity index (χ0) is 20.7. The van der Waals surface area contributed by atoms with Crippen molar-refractivity contribution in [3.8, 4) is 11.4 Å². The van der Waals surface area contributed by atoms with Crippen LogP contribution in [0.2, 0.25) is 10.0 Å². The standard InChI is InChI=1S/C23H14Cl2N4O/c24-16-4-1-5-17(25)21(16)22-28-19-8-6-14(12-20(19)29-22)23(30)27-15-7-9-18-13(11-15)3-2-10-26-18/h1-12H,(H,27,30)(H,28,29). The first kappa shape index (κ1) is 18.6. The molecule has 0 saturated carbocycles. The first-order valence-corrected chi connectivity index (χ1v) is 9.94. The van der Waals surface area contributed by atoms with Gasteiger partial charge in [-0.3, -0.25) is 9.78 Å². The van der Waals surface area contributed by atoms with E-state index < -0.39 is 0 Å². The van der Waals surface area contributed by atoms with Crippen molar-refractivity contribution >= 4 is 56.7 Å². The van der Waals surface area contributed by atoms with Crippen molar-refractivity contribution in [1.82, 2.24) is 15.0 Å². The number of anilines is 1. The Bertz CT molecular complexity index is 1410. The maximum absolute atomic E-state index is 12.8. The second-order valence-corrected chi connectivity index (χ2v) is 7.59. The van der Waals surface area contributed by atoms with E-state index in [2.05, 4.69) is 20.3 Å². The average molecular weight is 433 g/mol. The number of fused-ring (bicyclic) bond motifs is 2. The summed E-state index contributed by atoms with van der Waals surface area (Å²) in [5, 5.41) is 4.90. The molecule has 5 nitrogen and oxygen atoms in total. The molecule has 0 aliphatic carbocycles. The number of nitrogens with zero attached hydrogens (tertiary/aromatic N) is 2. The van der Waals surface area contributed by atoms with Crippen molar-refractivity contribution in [3.63, 3.8) is 0 Å². The maximum Gasteiger partial charge on any atom is 0.255 e. The summed E-state index contributed by atoms with van der Waals surface area (Å²) < 4.78 is 0.